The van der Waals surface area contributed by atoms with Crippen molar-refractivity contribution in [3.05, 3.63) is 83.2 Å². The van der Waals surface area contributed by atoms with Crippen molar-refractivity contribution in [2.75, 3.05) is 0 Å². The van der Waals surface area contributed by atoms with Crippen molar-refractivity contribution in [1.82, 2.24) is 10.3 Å². The average molecular weight is 428 g/mol. The van der Waals surface area contributed by atoms with Crippen molar-refractivity contribution in [3.63, 3.8) is 0 Å². The largest absolute Gasteiger partial charge is 0.349 e. The van der Waals surface area contributed by atoms with Crippen LogP contribution in [0.5, 0.6) is 0 Å². The van der Waals surface area contributed by atoms with Crippen LogP contribution in [0, 0.1) is 6.92 Å². The molecule has 5 rings (SSSR count). The minimum atomic E-state index is -0.00720. The molecular formula is C26H25N3OS. The van der Waals surface area contributed by atoms with E-state index in [-0.39, 0.29) is 11.9 Å². The minimum absolute atomic E-state index is 0.00720. The highest BCUT2D eigenvalue weighted by atomic mass is 32.2. The van der Waals surface area contributed by atoms with Crippen LogP contribution in [0.15, 0.2) is 75.6 Å². The van der Waals surface area contributed by atoms with E-state index >= 15 is 0 Å². The van der Waals surface area contributed by atoms with Crippen LogP contribution in [0.4, 0.5) is 5.69 Å². The Hall–Kier alpha value is -2.92. The number of hydrogen-bond acceptors (Lipinski definition) is 4. The fourth-order valence-electron chi connectivity index (χ4n) is 4.31. The van der Waals surface area contributed by atoms with Crippen LogP contribution in [0.1, 0.15) is 59.3 Å². The number of rotatable bonds is 3. The summed E-state index contributed by atoms with van der Waals surface area (Å²) in [5, 5.41) is 3.22. The summed E-state index contributed by atoms with van der Waals surface area (Å²) in [6, 6.07) is 18.4. The molecule has 4 nitrogen and oxygen atoms in total. The maximum absolute atomic E-state index is 12.9. The van der Waals surface area contributed by atoms with E-state index in [9.17, 15) is 4.79 Å². The molecule has 0 spiro atoms. The van der Waals surface area contributed by atoms with Gasteiger partial charge in [-0.15, -0.1) is 0 Å². The fraction of sp³-hybridized carbons (Fsp3) is 0.269. The van der Waals surface area contributed by atoms with Gasteiger partial charge in [-0.3, -0.25) is 9.78 Å². The number of amides is 1. The number of benzene rings is 2. The fourth-order valence-corrected chi connectivity index (χ4v) is 5.32. The highest BCUT2D eigenvalue weighted by molar-refractivity contribution is 7.99. The lowest BCUT2D eigenvalue weighted by Gasteiger charge is -2.22. The zero-order valence-corrected chi connectivity index (χ0v) is 18.4. The van der Waals surface area contributed by atoms with E-state index in [1.54, 1.807) is 18.0 Å². The van der Waals surface area contributed by atoms with E-state index in [0.717, 1.165) is 50.9 Å². The first-order valence-corrected chi connectivity index (χ1v) is 11.7. The quantitative estimate of drug-likeness (QED) is 0.431. The number of aryl methyl sites for hydroxylation is 1. The predicted molar refractivity (Wildman–Crippen MR) is 126 cm³/mol. The van der Waals surface area contributed by atoms with E-state index in [1.807, 2.05) is 36.4 Å². The number of hydrogen-bond donors (Lipinski definition) is 1. The Morgan fingerprint density at radius 3 is 2.68 bits per heavy atom. The molecule has 0 bridgehead atoms. The number of aliphatic imine (C=N–C) groups is 1. The second-order valence-electron chi connectivity index (χ2n) is 8.22. The molecule has 1 amide bonds. The summed E-state index contributed by atoms with van der Waals surface area (Å²) < 4.78 is 0. The normalized spacial score (nSPS) is 16.0. The molecule has 156 valence electrons. The third kappa shape index (κ3) is 4.15. The third-order valence-electron chi connectivity index (χ3n) is 5.99. The summed E-state index contributed by atoms with van der Waals surface area (Å²) in [5.41, 5.74) is 5.36. The Morgan fingerprint density at radius 2 is 1.84 bits per heavy atom. The lowest BCUT2D eigenvalue weighted by Crippen LogP contribution is -2.36. The molecule has 0 radical (unpaired) electrons. The van der Waals surface area contributed by atoms with Crippen LogP contribution in [-0.2, 0) is 0 Å². The van der Waals surface area contributed by atoms with Gasteiger partial charge in [0.15, 0.2) is 0 Å². The first kappa shape index (κ1) is 20.0. The van der Waals surface area contributed by atoms with Gasteiger partial charge in [0.2, 0.25) is 0 Å². The molecule has 0 atom stereocenters. The summed E-state index contributed by atoms with van der Waals surface area (Å²) in [7, 11) is 0. The number of carbonyl (C=O) groups excluding carboxylic acids is 1. The van der Waals surface area contributed by atoms with Gasteiger partial charge in [-0.25, -0.2) is 4.99 Å². The SMILES string of the molecule is Cc1cccnc1C1=Nc2cc(C(=O)NC3CCCCC3)ccc2Sc2ccccc21. The highest BCUT2D eigenvalue weighted by Gasteiger charge is 2.22. The van der Waals surface area contributed by atoms with Crippen molar-refractivity contribution < 1.29 is 4.79 Å². The van der Waals surface area contributed by atoms with Gasteiger partial charge in [-0.05, 0) is 55.7 Å². The van der Waals surface area contributed by atoms with E-state index in [0.29, 0.717) is 5.56 Å². The Morgan fingerprint density at radius 1 is 1.00 bits per heavy atom. The molecular weight excluding hydrogens is 402 g/mol. The van der Waals surface area contributed by atoms with Gasteiger partial charge < -0.3 is 5.32 Å². The smallest absolute Gasteiger partial charge is 0.251 e. The molecule has 31 heavy (non-hydrogen) atoms. The lowest BCUT2D eigenvalue weighted by molar-refractivity contribution is 0.0927. The minimum Gasteiger partial charge on any atom is -0.349 e. The standard InChI is InChI=1S/C26H25N3OS/c1-17-8-7-15-27-24(17)25-20-11-5-6-12-22(20)31-23-14-13-18(16-21(23)29-25)26(30)28-19-9-3-2-4-10-19/h5-8,11-16,19H,2-4,9-10H2,1H3,(H,28,30). The van der Waals surface area contributed by atoms with Gasteiger partial charge in [0.25, 0.3) is 5.91 Å². The van der Waals surface area contributed by atoms with Crippen LogP contribution in [0.2, 0.25) is 0 Å². The molecule has 1 aliphatic heterocycles. The number of nitrogens with zero attached hydrogens (tertiary/aromatic N) is 2. The number of aromatic nitrogens is 1. The summed E-state index contributed by atoms with van der Waals surface area (Å²) in [6.07, 6.45) is 7.61. The third-order valence-corrected chi connectivity index (χ3v) is 7.13. The second kappa shape index (κ2) is 8.67. The molecule has 1 fully saturated rings. The van der Waals surface area contributed by atoms with E-state index in [2.05, 4.69) is 35.4 Å². The molecule has 2 aromatic carbocycles. The van der Waals surface area contributed by atoms with Crippen molar-refractivity contribution in [1.29, 1.82) is 0 Å². The maximum Gasteiger partial charge on any atom is 0.251 e. The van der Waals surface area contributed by atoms with Crippen molar-refractivity contribution in [3.8, 4) is 0 Å². The number of nitrogens with one attached hydrogen (secondary N) is 1. The molecule has 1 aromatic heterocycles. The number of carbonyl (C=O) groups is 1. The molecule has 2 heterocycles. The zero-order chi connectivity index (χ0) is 21.2. The van der Waals surface area contributed by atoms with Gasteiger partial charge in [-0.2, -0.15) is 0 Å². The zero-order valence-electron chi connectivity index (χ0n) is 17.6. The molecule has 0 saturated heterocycles. The second-order valence-corrected chi connectivity index (χ2v) is 9.30. The van der Waals surface area contributed by atoms with E-state index in [4.69, 9.17) is 4.99 Å². The maximum atomic E-state index is 12.9. The van der Waals surface area contributed by atoms with Crippen LogP contribution >= 0.6 is 11.8 Å². The average Bonchev–Trinajstić information content (AvgIpc) is 2.96. The first-order chi connectivity index (χ1) is 15.2. The summed E-state index contributed by atoms with van der Waals surface area (Å²) in [6.45, 7) is 2.06. The molecule has 1 N–H and O–H groups in total. The number of pyridine rings is 1. The number of fused-ring (bicyclic) bond motifs is 2. The van der Waals surface area contributed by atoms with Gasteiger partial charge in [0, 0.05) is 33.2 Å². The molecule has 2 aliphatic rings. The van der Waals surface area contributed by atoms with Crippen molar-refractivity contribution >= 4 is 29.1 Å². The van der Waals surface area contributed by atoms with Gasteiger partial charge in [-0.1, -0.05) is 55.3 Å². The predicted octanol–water partition coefficient (Wildman–Crippen LogP) is 6.09. The van der Waals surface area contributed by atoms with Gasteiger partial charge in [0.1, 0.15) is 0 Å². The van der Waals surface area contributed by atoms with Crippen molar-refractivity contribution in [2.45, 2.75) is 54.9 Å². The first-order valence-electron chi connectivity index (χ1n) is 10.9. The van der Waals surface area contributed by atoms with Gasteiger partial charge >= 0.3 is 0 Å². The molecule has 5 heteroatoms. The Balaban J connectivity index is 1.56. The van der Waals surface area contributed by atoms with Crippen LogP contribution in [-0.4, -0.2) is 22.6 Å². The summed E-state index contributed by atoms with van der Waals surface area (Å²) in [4.78, 5) is 24.8. The van der Waals surface area contributed by atoms with Crippen LogP contribution < -0.4 is 5.32 Å². The topological polar surface area (TPSA) is 54.4 Å². The van der Waals surface area contributed by atoms with Crippen LogP contribution in [0.25, 0.3) is 0 Å². The molecule has 3 aromatic rings. The van der Waals surface area contributed by atoms with Crippen molar-refractivity contribution in [2.24, 2.45) is 4.99 Å². The molecule has 0 unspecified atom stereocenters. The molecule has 1 aliphatic carbocycles. The Kier molecular flexibility index (Phi) is 5.60. The summed E-state index contributed by atoms with van der Waals surface area (Å²) in [5.74, 6) is -0.00720. The van der Waals surface area contributed by atoms with E-state index < -0.39 is 0 Å². The summed E-state index contributed by atoms with van der Waals surface area (Å²) >= 11 is 1.69. The monoisotopic (exact) mass is 427 g/mol. The van der Waals surface area contributed by atoms with Gasteiger partial charge in [0.05, 0.1) is 17.1 Å². The Labute approximate surface area is 187 Å². The van der Waals surface area contributed by atoms with E-state index in [1.165, 1.54) is 19.3 Å². The highest BCUT2D eigenvalue weighted by Crippen LogP contribution is 2.41. The van der Waals surface area contributed by atoms with Crippen LogP contribution in [0.3, 0.4) is 0 Å². The molecule has 1 saturated carbocycles. The Bertz CT molecular complexity index is 1160. The lowest BCUT2D eigenvalue weighted by atomic mass is 9.95.